The number of rotatable bonds is 5. The lowest BCUT2D eigenvalue weighted by atomic mass is 10.0. The van der Waals surface area contributed by atoms with Gasteiger partial charge in [0.2, 0.25) is 11.8 Å². The van der Waals surface area contributed by atoms with E-state index in [0.717, 1.165) is 38.6 Å². The molecule has 1 saturated heterocycles. The van der Waals surface area contributed by atoms with Crippen molar-refractivity contribution in [3.8, 4) is 0 Å². The molecule has 2 amide bonds. The third-order valence-corrected chi connectivity index (χ3v) is 3.33. The quantitative estimate of drug-likeness (QED) is 0.756. The zero-order chi connectivity index (χ0) is 13.5. The average molecular weight is 255 g/mol. The standard InChI is InChI=1S/C13H25N3O2/c1-3-4-7-12(14)13(18)16-8-5-6-11(9-16)15-10(2)17/h11-12H,3-9,14H2,1-2H3,(H,15,17). The molecule has 0 aromatic heterocycles. The Morgan fingerprint density at radius 3 is 2.83 bits per heavy atom. The Hall–Kier alpha value is -1.10. The van der Waals surface area contributed by atoms with E-state index in [1.54, 1.807) is 4.90 Å². The summed E-state index contributed by atoms with van der Waals surface area (Å²) in [5.74, 6) is -0.0110. The number of nitrogens with one attached hydrogen (secondary N) is 1. The van der Waals surface area contributed by atoms with Gasteiger partial charge in [-0.25, -0.2) is 0 Å². The van der Waals surface area contributed by atoms with Gasteiger partial charge in [-0.2, -0.15) is 0 Å². The van der Waals surface area contributed by atoms with Gasteiger partial charge in [-0.3, -0.25) is 9.59 Å². The molecule has 0 aromatic rings. The Morgan fingerprint density at radius 1 is 1.50 bits per heavy atom. The van der Waals surface area contributed by atoms with Crippen LogP contribution in [0.2, 0.25) is 0 Å². The Balaban J connectivity index is 2.44. The first-order valence-electron chi connectivity index (χ1n) is 6.86. The number of nitrogens with zero attached hydrogens (tertiary/aromatic N) is 1. The number of nitrogens with two attached hydrogens (primary N) is 1. The molecule has 1 rings (SSSR count). The van der Waals surface area contributed by atoms with Crippen LogP contribution in [0.1, 0.15) is 46.0 Å². The van der Waals surface area contributed by atoms with E-state index in [-0.39, 0.29) is 23.9 Å². The second kappa shape index (κ2) is 7.36. The van der Waals surface area contributed by atoms with Crippen LogP contribution in [-0.4, -0.2) is 41.9 Å². The van der Waals surface area contributed by atoms with Crippen LogP contribution in [0.15, 0.2) is 0 Å². The second-order valence-electron chi connectivity index (χ2n) is 5.07. The molecule has 5 heteroatoms. The Kier molecular flexibility index (Phi) is 6.12. The molecular weight excluding hydrogens is 230 g/mol. The van der Waals surface area contributed by atoms with Crippen molar-refractivity contribution < 1.29 is 9.59 Å². The summed E-state index contributed by atoms with van der Waals surface area (Å²) >= 11 is 0. The number of hydrogen-bond acceptors (Lipinski definition) is 3. The molecule has 1 aliphatic heterocycles. The number of carbonyl (C=O) groups is 2. The van der Waals surface area contributed by atoms with E-state index in [1.165, 1.54) is 6.92 Å². The molecule has 0 radical (unpaired) electrons. The molecule has 0 aromatic carbocycles. The molecule has 2 unspecified atom stereocenters. The van der Waals surface area contributed by atoms with Gasteiger partial charge in [0.1, 0.15) is 0 Å². The lowest BCUT2D eigenvalue weighted by Gasteiger charge is -2.34. The van der Waals surface area contributed by atoms with Crippen molar-refractivity contribution in [3.05, 3.63) is 0 Å². The first kappa shape index (κ1) is 15.0. The molecule has 0 spiro atoms. The number of piperidine rings is 1. The minimum Gasteiger partial charge on any atom is -0.352 e. The van der Waals surface area contributed by atoms with Gasteiger partial charge >= 0.3 is 0 Å². The third-order valence-electron chi connectivity index (χ3n) is 3.33. The summed E-state index contributed by atoms with van der Waals surface area (Å²) in [6.45, 7) is 4.95. The van der Waals surface area contributed by atoms with Gasteiger partial charge in [-0.1, -0.05) is 19.8 Å². The topological polar surface area (TPSA) is 75.4 Å². The van der Waals surface area contributed by atoms with E-state index < -0.39 is 0 Å². The summed E-state index contributed by atoms with van der Waals surface area (Å²) in [4.78, 5) is 24.9. The van der Waals surface area contributed by atoms with Crippen molar-refractivity contribution in [1.82, 2.24) is 10.2 Å². The Labute approximate surface area is 109 Å². The molecule has 18 heavy (non-hydrogen) atoms. The van der Waals surface area contributed by atoms with Crippen molar-refractivity contribution >= 4 is 11.8 Å². The molecule has 0 bridgehead atoms. The molecular formula is C13H25N3O2. The van der Waals surface area contributed by atoms with Crippen LogP contribution in [0.5, 0.6) is 0 Å². The van der Waals surface area contributed by atoms with Gasteiger partial charge < -0.3 is 16.0 Å². The van der Waals surface area contributed by atoms with Crippen LogP contribution >= 0.6 is 0 Å². The van der Waals surface area contributed by atoms with Crippen LogP contribution in [-0.2, 0) is 9.59 Å². The Morgan fingerprint density at radius 2 is 2.22 bits per heavy atom. The molecule has 1 heterocycles. The predicted octanol–water partition coefficient (Wildman–Crippen LogP) is 0.631. The van der Waals surface area contributed by atoms with E-state index in [1.807, 2.05) is 0 Å². The van der Waals surface area contributed by atoms with Crippen LogP contribution in [0.4, 0.5) is 0 Å². The first-order chi connectivity index (χ1) is 8.54. The van der Waals surface area contributed by atoms with E-state index in [9.17, 15) is 9.59 Å². The SMILES string of the molecule is CCCCC(N)C(=O)N1CCCC(NC(C)=O)C1. The minimum atomic E-state index is -0.388. The first-order valence-corrected chi connectivity index (χ1v) is 6.86. The van der Waals surface area contributed by atoms with E-state index >= 15 is 0 Å². The van der Waals surface area contributed by atoms with Crippen LogP contribution in [0.25, 0.3) is 0 Å². The highest BCUT2D eigenvalue weighted by Crippen LogP contribution is 2.12. The van der Waals surface area contributed by atoms with Crippen LogP contribution < -0.4 is 11.1 Å². The van der Waals surface area contributed by atoms with E-state index in [4.69, 9.17) is 5.73 Å². The van der Waals surface area contributed by atoms with Crippen molar-refractivity contribution in [2.24, 2.45) is 5.73 Å². The predicted molar refractivity (Wildman–Crippen MR) is 70.9 cm³/mol. The largest absolute Gasteiger partial charge is 0.352 e. The van der Waals surface area contributed by atoms with Gasteiger partial charge in [0.25, 0.3) is 0 Å². The van der Waals surface area contributed by atoms with Crippen molar-refractivity contribution in [2.75, 3.05) is 13.1 Å². The molecule has 104 valence electrons. The maximum absolute atomic E-state index is 12.1. The van der Waals surface area contributed by atoms with Gasteiger partial charge in [0.15, 0.2) is 0 Å². The normalized spacial score (nSPS) is 21.5. The van der Waals surface area contributed by atoms with Gasteiger partial charge in [0.05, 0.1) is 6.04 Å². The molecule has 0 saturated carbocycles. The molecule has 1 aliphatic rings. The fraction of sp³-hybridized carbons (Fsp3) is 0.846. The molecule has 0 aliphatic carbocycles. The molecule has 3 N–H and O–H groups in total. The monoisotopic (exact) mass is 255 g/mol. The number of hydrogen-bond donors (Lipinski definition) is 2. The average Bonchev–Trinajstić information content (AvgIpc) is 2.34. The fourth-order valence-corrected chi connectivity index (χ4v) is 2.36. The summed E-state index contributed by atoms with van der Waals surface area (Å²) in [5, 5.41) is 2.88. The zero-order valence-electron chi connectivity index (χ0n) is 11.4. The van der Waals surface area contributed by atoms with Crippen LogP contribution in [0, 0.1) is 0 Å². The number of amides is 2. The van der Waals surface area contributed by atoms with E-state index in [0.29, 0.717) is 6.54 Å². The van der Waals surface area contributed by atoms with Crippen molar-refractivity contribution in [1.29, 1.82) is 0 Å². The maximum atomic E-state index is 12.1. The number of carbonyl (C=O) groups excluding carboxylic acids is 2. The van der Waals surface area contributed by atoms with Crippen molar-refractivity contribution in [3.63, 3.8) is 0 Å². The minimum absolute atomic E-state index is 0.0264. The fourth-order valence-electron chi connectivity index (χ4n) is 2.36. The lowest BCUT2D eigenvalue weighted by Crippen LogP contribution is -2.53. The van der Waals surface area contributed by atoms with Crippen LogP contribution in [0.3, 0.4) is 0 Å². The molecule has 2 atom stereocenters. The summed E-state index contributed by atoms with van der Waals surface area (Å²) in [7, 11) is 0. The number of likely N-dealkylation sites (tertiary alicyclic amines) is 1. The van der Waals surface area contributed by atoms with Gasteiger partial charge in [-0.05, 0) is 19.3 Å². The highest BCUT2D eigenvalue weighted by molar-refractivity contribution is 5.82. The number of unbranched alkanes of at least 4 members (excludes halogenated alkanes) is 1. The summed E-state index contributed by atoms with van der Waals surface area (Å²) in [5.41, 5.74) is 5.90. The van der Waals surface area contributed by atoms with Gasteiger partial charge in [-0.15, -0.1) is 0 Å². The molecule has 1 fully saturated rings. The highest BCUT2D eigenvalue weighted by atomic mass is 16.2. The van der Waals surface area contributed by atoms with Crippen molar-refractivity contribution in [2.45, 2.75) is 58.0 Å². The maximum Gasteiger partial charge on any atom is 0.239 e. The smallest absolute Gasteiger partial charge is 0.239 e. The third kappa shape index (κ3) is 4.64. The zero-order valence-corrected chi connectivity index (χ0v) is 11.4. The second-order valence-corrected chi connectivity index (χ2v) is 5.07. The Bertz CT molecular complexity index is 294. The van der Waals surface area contributed by atoms with E-state index in [2.05, 4.69) is 12.2 Å². The lowest BCUT2D eigenvalue weighted by molar-refractivity contribution is -0.135. The van der Waals surface area contributed by atoms with Gasteiger partial charge in [0, 0.05) is 26.1 Å². The summed E-state index contributed by atoms with van der Waals surface area (Å²) < 4.78 is 0. The highest BCUT2D eigenvalue weighted by Gasteiger charge is 2.26. The summed E-state index contributed by atoms with van der Waals surface area (Å²) in [6, 6.07) is -0.306. The summed E-state index contributed by atoms with van der Waals surface area (Å²) in [6.07, 6.45) is 4.65. The molecule has 5 nitrogen and oxygen atoms in total.